The lowest BCUT2D eigenvalue weighted by Crippen LogP contribution is -2.41. The van der Waals surface area contributed by atoms with Crippen LogP contribution in [0.4, 0.5) is 4.79 Å². The zero-order valence-corrected chi connectivity index (χ0v) is 11.8. The maximum absolute atomic E-state index is 12.0. The molecule has 1 aliphatic carbocycles. The Labute approximate surface area is 117 Å². The van der Waals surface area contributed by atoms with Crippen LogP contribution < -0.4 is 5.32 Å². The molecule has 0 spiro atoms. The molecular formula is C14H20N2O4. The molecule has 1 saturated carbocycles. The smallest absolute Gasteiger partial charge is 0.317 e. The van der Waals surface area contributed by atoms with Crippen molar-refractivity contribution in [2.45, 2.75) is 38.8 Å². The van der Waals surface area contributed by atoms with Crippen LogP contribution in [0.15, 0.2) is 16.5 Å². The van der Waals surface area contributed by atoms with Crippen molar-refractivity contribution in [3.05, 3.63) is 23.7 Å². The van der Waals surface area contributed by atoms with Gasteiger partial charge in [-0.15, -0.1) is 0 Å². The Morgan fingerprint density at radius 3 is 2.75 bits per heavy atom. The summed E-state index contributed by atoms with van der Waals surface area (Å²) < 4.78 is 5.42. The highest BCUT2D eigenvalue weighted by molar-refractivity contribution is 5.75. The number of carbonyl (C=O) groups is 2. The highest BCUT2D eigenvalue weighted by atomic mass is 16.4. The van der Waals surface area contributed by atoms with Gasteiger partial charge in [-0.1, -0.05) is 0 Å². The average Bonchev–Trinajstić information content (AvgIpc) is 2.98. The summed E-state index contributed by atoms with van der Waals surface area (Å²) in [5, 5.41) is 11.8. The normalized spacial score (nSPS) is 21.7. The first-order chi connectivity index (χ1) is 9.45. The molecule has 2 rings (SSSR count). The lowest BCUT2D eigenvalue weighted by Gasteiger charge is -2.20. The van der Waals surface area contributed by atoms with Crippen molar-refractivity contribution in [3.63, 3.8) is 0 Å². The van der Waals surface area contributed by atoms with Gasteiger partial charge in [0.05, 0.1) is 12.5 Å². The topological polar surface area (TPSA) is 82.8 Å². The van der Waals surface area contributed by atoms with Gasteiger partial charge < -0.3 is 19.7 Å². The molecule has 20 heavy (non-hydrogen) atoms. The second kappa shape index (κ2) is 5.98. The monoisotopic (exact) mass is 280 g/mol. The second-order valence-corrected chi connectivity index (χ2v) is 5.36. The van der Waals surface area contributed by atoms with Crippen molar-refractivity contribution in [1.82, 2.24) is 10.2 Å². The number of aryl methyl sites for hydroxylation is 1. The highest BCUT2D eigenvalue weighted by Crippen LogP contribution is 2.25. The van der Waals surface area contributed by atoms with Gasteiger partial charge >= 0.3 is 12.0 Å². The van der Waals surface area contributed by atoms with Crippen LogP contribution in [0.2, 0.25) is 0 Å². The van der Waals surface area contributed by atoms with Crippen LogP contribution in [0.3, 0.4) is 0 Å². The van der Waals surface area contributed by atoms with Gasteiger partial charge in [0.25, 0.3) is 0 Å². The Balaban J connectivity index is 1.81. The SMILES string of the molecule is Cc1ccc(CN(C)C(=O)N[C@H]2CC[C@@H](C(=O)O)C2)o1. The van der Waals surface area contributed by atoms with Gasteiger partial charge in [0, 0.05) is 13.1 Å². The Bertz CT molecular complexity index is 497. The first-order valence-electron chi connectivity index (χ1n) is 6.75. The number of amides is 2. The number of rotatable bonds is 4. The number of urea groups is 1. The molecule has 1 aromatic rings. The Morgan fingerprint density at radius 2 is 2.20 bits per heavy atom. The molecule has 1 aromatic heterocycles. The summed E-state index contributed by atoms with van der Waals surface area (Å²) in [4.78, 5) is 24.4. The fourth-order valence-electron chi connectivity index (χ4n) is 2.50. The number of hydrogen-bond acceptors (Lipinski definition) is 3. The summed E-state index contributed by atoms with van der Waals surface area (Å²) in [5.74, 6) is 0.434. The number of carboxylic acid groups (broad SMARTS) is 1. The molecular weight excluding hydrogens is 260 g/mol. The van der Waals surface area contributed by atoms with Gasteiger partial charge in [-0.2, -0.15) is 0 Å². The first-order valence-corrected chi connectivity index (χ1v) is 6.75. The zero-order valence-electron chi connectivity index (χ0n) is 11.8. The Morgan fingerprint density at radius 1 is 1.45 bits per heavy atom. The van der Waals surface area contributed by atoms with Gasteiger partial charge in [-0.3, -0.25) is 4.79 Å². The number of furan rings is 1. The van der Waals surface area contributed by atoms with E-state index in [1.807, 2.05) is 19.1 Å². The molecule has 0 aliphatic heterocycles. The predicted octanol–water partition coefficient (Wildman–Crippen LogP) is 1.98. The number of hydrogen-bond donors (Lipinski definition) is 2. The van der Waals surface area contributed by atoms with E-state index in [9.17, 15) is 9.59 Å². The molecule has 1 fully saturated rings. The molecule has 0 bridgehead atoms. The van der Waals surface area contributed by atoms with Crippen molar-refractivity contribution < 1.29 is 19.1 Å². The molecule has 0 unspecified atom stereocenters. The van der Waals surface area contributed by atoms with Crippen LogP contribution in [0.5, 0.6) is 0 Å². The molecule has 2 amide bonds. The molecule has 6 heteroatoms. The van der Waals surface area contributed by atoms with E-state index in [0.29, 0.717) is 19.4 Å². The summed E-state index contributed by atoms with van der Waals surface area (Å²) in [6.45, 7) is 2.25. The van der Waals surface area contributed by atoms with E-state index in [0.717, 1.165) is 17.9 Å². The van der Waals surface area contributed by atoms with E-state index < -0.39 is 5.97 Å². The van der Waals surface area contributed by atoms with Gasteiger partial charge in [0.15, 0.2) is 0 Å². The van der Waals surface area contributed by atoms with Gasteiger partial charge in [0.1, 0.15) is 11.5 Å². The van der Waals surface area contributed by atoms with E-state index >= 15 is 0 Å². The van der Waals surface area contributed by atoms with E-state index in [1.165, 1.54) is 4.90 Å². The second-order valence-electron chi connectivity index (χ2n) is 5.36. The molecule has 1 heterocycles. The standard InChI is InChI=1S/C14H20N2O4/c1-9-3-6-12(20-9)8-16(2)14(19)15-11-5-4-10(7-11)13(17)18/h3,6,10-11H,4-5,7-8H2,1-2H3,(H,15,19)(H,17,18)/t10-,11+/m1/s1. The quantitative estimate of drug-likeness (QED) is 0.883. The fourth-order valence-corrected chi connectivity index (χ4v) is 2.50. The summed E-state index contributed by atoms with van der Waals surface area (Å²) in [6, 6.07) is 3.45. The minimum atomic E-state index is -0.777. The molecule has 110 valence electrons. The number of nitrogens with one attached hydrogen (secondary N) is 1. The number of aliphatic carboxylic acids is 1. The summed E-state index contributed by atoms with van der Waals surface area (Å²) in [6.07, 6.45) is 1.85. The van der Waals surface area contributed by atoms with Crippen LogP contribution >= 0.6 is 0 Å². The highest BCUT2D eigenvalue weighted by Gasteiger charge is 2.31. The molecule has 0 radical (unpaired) electrons. The number of carboxylic acids is 1. The third-order valence-electron chi connectivity index (χ3n) is 3.65. The third-order valence-corrected chi connectivity index (χ3v) is 3.65. The maximum atomic E-state index is 12.0. The van der Waals surface area contributed by atoms with E-state index in [4.69, 9.17) is 9.52 Å². The van der Waals surface area contributed by atoms with Crippen molar-refractivity contribution in [2.24, 2.45) is 5.92 Å². The van der Waals surface area contributed by atoms with Crippen LogP contribution in [0, 0.1) is 12.8 Å². The summed E-state index contributed by atoms with van der Waals surface area (Å²) in [7, 11) is 1.69. The van der Waals surface area contributed by atoms with Crippen molar-refractivity contribution in [3.8, 4) is 0 Å². The van der Waals surface area contributed by atoms with Crippen LogP contribution in [-0.4, -0.2) is 35.1 Å². The first kappa shape index (κ1) is 14.4. The minimum absolute atomic E-state index is 0.0515. The van der Waals surface area contributed by atoms with Crippen LogP contribution in [-0.2, 0) is 11.3 Å². The van der Waals surface area contributed by atoms with Crippen molar-refractivity contribution in [2.75, 3.05) is 7.05 Å². The van der Waals surface area contributed by atoms with E-state index in [2.05, 4.69) is 5.32 Å². The largest absolute Gasteiger partial charge is 0.481 e. The average molecular weight is 280 g/mol. The van der Waals surface area contributed by atoms with Crippen LogP contribution in [0.1, 0.15) is 30.8 Å². The van der Waals surface area contributed by atoms with E-state index in [-0.39, 0.29) is 18.0 Å². The molecule has 2 atom stereocenters. The lowest BCUT2D eigenvalue weighted by molar-refractivity contribution is -0.141. The number of nitrogens with zero attached hydrogens (tertiary/aromatic N) is 1. The fraction of sp³-hybridized carbons (Fsp3) is 0.571. The Hall–Kier alpha value is -1.98. The molecule has 2 N–H and O–H groups in total. The molecule has 1 aliphatic rings. The van der Waals surface area contributed by atoms with Crippen molar-refractivity contribution in [1.29, 1.82) is 0 Å². The predicted molar refractivity (Wildman–Crippen MR) is 72.2 cm³/mol. The third kappa shape index (κ3) is 3.53. The van der Waals surface area contributed by atoms with E-state index in [1.54, 1.807) is 7.05 Å². The lowest BCUT2D eigenvalue weighted by atomic mass is 10.1. The zero-order chi connectivity index (χ0) is 14.7. The molecule has 0 saturated heterocycles. The molecule has 6 nitrogen and oxygen atoms in total. The van der Waals surface area contributed by atoms with Crippen molar-refractivity contribution >= 4 is 12.0 Å². The van der Waals surface area contributed by atoms with Gasteiger partial charge in [0.2, 0.25) is 0 Å². The summed E-state index contributed by atoms with van der Waals surface area (Å²) >= 11 is 0. The van der Waals surface area contributed by atoms with Gasteiger partial charge in [-0.05, 0) is 38.3 Å². The van der Waals surface area contributed by atoms with Gasteiger partial charge in [-0.25, -0.2) is 4.79 Å². The summed E-state index contributed by atoms with van der Waals surface area (Å²) in [5.41, 5.74) is 0. The maximum Gasteiger partial charge on any atom is 0.317 e. The minimum Gasteiger partial charge on any atom is -0.481 e. The van der Waals surface area contributed by atoms with Crippen LogP contribution in [0.25, 0.3) is 0 Å². The Kier molecular flexibility index (Phi) is 4.32. The number of carbonyl (C=O) groups excluding carboxylic acids is 1. The molecule has 0 aromatic carbocycles.